The van der Waals surface area contributed by atoms with E-state index >= 15 is 0 Å². The van der Waals surface area contributed by atoms with Gasteiger partial charge in [-0.05, 0) is 64.2 Å². The average Bonchev–Trinajstić information content (AvgIpc) is 2.87. The standard InChI is InChI=1S/C29H23BrO3S/c30-25-12-10-24(11-13-25)28(23-8-6-22(7-9-23)21-4-2-1-3-5-21)18-19-34-27-16-14-26(15-17-27)33-20-29(31)32/h1-18H,19-20H2,(H,31,32)/b28-18-. The Labute approximate surface area is 212 Å². The van der Waals surface area contributed by atoms with Gasteiger partial charge >= 0.3 is 5.97 Å². The molecule has 0 unspecified atom stereocenters. The number of hydrogen-bond donors (Lipinski definition) is 1. The Morgan fingerprint density at radius 1 is 0.794 bits per heavy atom. The summed E-state index contributed by atoms with van der Waals surface area (Å²) < 4.78 is 6.26. The Hall–Kier alpha value is -3.28. The van der Waals surface area contributed by atoms with Gasteiger partial charge in [0.05, 0.1) is 0 Å². The monoisotopic (exact) mass is 530 g/mol. The molecule has 0 aliphatic heterocycles. The number of rotatable bonds is 9. The Morgan fingerprint density at radius 2 is 1.38 bits per heavy atom. The Bertz CT molecular complexity index is 1250. The van der Waals surface area contributed by atoms with Crippen molar-refractivity contribution in [1.29, 1.82) is 0 Å². The quantitative estimate of drug-likeness (QED) is 0.224. The van der Waals surface area contributed by atoms with Crippen LogP contribution in [-0.4, -0.2) is 23.4 Å². The van der Waals surface area contributed by atoms with Gasteiger partial charge in [-0.3, -0.25) is 0 Å². The van der Waals surface area contributed by atoms with Crippen LogP contribution in [0.15, 0.2) is 119 Å². The number of halogens is 1. The summed E-state index contributed by atoms with van der Waals surface area (Å²) in [5, 5.41) is 8.74. The van der Waals surface area contributed by atoms with Crippen molar-refractivity contribution in [3.05, 3.63) is 125 Å². The van der Waals surface area contributed by atoms with Crippen molar-refractivity contribution in [2.75, 3.05) is 12.4 Å². The molecule has 34 heavy (non-hydrogen) atoms. The molecule has 0 bridgehead atoms. The maximum atomic E-state index is 10.6. The predicted molar refractivity (Wildman–Crippen MR) is 143 cm³/mol. The number of thioether (sulfide) groups is 1. The number of aliphatic carboxylic acids is 1. The molecule has 0 radical (unpaired) electrons. The molecule has 4 aromatic carbocycles. The van der Waals surface area contributed by atoms with E-state index in [-0.39, 0.29) is 6.61 Å². The van der Waals surface area contributed by atoms with Crippen LogP contribution in [-0.2, 0) is 4.79 Å². The molecular weight excluding hydrogens is 508 g/mol. The molecule has 5 heteroatoms. The van der Waals surface area contributed by atoms with E-state index in [1.807, 2.05) is 18.2 Å². The fourth-order valence-electron chi connectivity index (χ4n) is 3.50. The minimum Gasteiger partial charge on any atom is -0.482 e. The lowest BCUT2D eigenvalue weighted by atomic mass is 9.95. The minimum absolute atomic E-state index is 0.338. The van der Waals surface area contributed by atoms with Gasteiger partial charge in [0.1, 0.15) is 5.75 Å². The number of carboxylic acids is 1. The van der Waals surface area contributed by atoms with Gasteiger partial charge in [0.15, 0.2) is 6.61 Å². The summed E-state index contributed by atoms with van der Waals surface area (Å²) in [5.74, 6) is 0.360. The average molecular weight is 531 g/mol. The summed E-state index contributed by atoms with van der Waals surface area (Å²) in [5.41, 5.74) is 5.91. The van der Waals surface area contributed by atoms with Crippen molar-refractivity contribution >= 4 is 39.2 Å². The predicted octanol–water partition coefficient (Wildman–Crippen LogP) is 7.80. The van der Waals surface area contributed by atoms with E-state index in [1.54, 1.807) is 23.9 Å². The number of carbonyl (C=O) groups is 1. The highest BCUT2D eigenvalue weighted by molar-refractivity contribution is 9.10. The highest BCUT2D eigenvalue weighted by Gasteiger charge is 2.07. The highest BCUT2D eigenvalue weighted by atomic mass is 79.9. The van der Waals surface area contributed by atoms with Gasteiger partial charge in [0.25, 0.3) is 0 Å². The van der Waals surface area contributed by atoms with Gasteiger partial charge in [-0.2, -0.15) is 0 Å². The largest absolute Gasteiger partial charge is 0.482 e. The summed E-state index contributed by atoms with van der Waals surface area (Å²) in [6.45, 7) is -0.338. The second kappa shape index (κ2) is 11.7. The maximum Gasteiger partial charge on any atom is 0.341 e. The van der Waals surface area contributed by atoms with Crippen molar-refractivity contribution < 1.29 is 14.6 Å². The van der Waals surface area contributed by atoms with Crippen LogP contribution >= 0.6 is 27.7 Å². The Morgan fingerprint density at radius 3 is 2.00 bits per heavy atom. The maximum absolute atomic E-state index is 10.6. The molecule has 1 N–H and O–H groups in total. The fourth-order valence-corrected chi connectivity index (χ4v) is 4.54. The van der Waals surface area contributed by atoms with E-state index in [0.29, 0.717) is 5.75 Å². The summed E-state index contributed by atoms with van der Waals surface area (Å²) in [7, 11) is 0. The molecular formula is C29H23BrO3S. The molecule has 0 spiro atoms. The molecule has 3 nitrogen and oxygen atoms in total. The van der Waals surface area contributed by atoms with E-state index < -0.39 is 5.97 Å². The number of benzene rings is 4. The summed E-state index contributed by atoms with van der Waals surface area (Å²) in [4.78, 5) is 11.7. The Balaban J connectivity index is 1.52. The topological polar surface area (TPSA) is 46.5 Å². The molecule has 0 atom stereocenters. The molecule has 0 aliphatic carbocycles. The molecule has 170 valence electrons. The van der Waals surface area contributed by atoms with Gasteiger partial charge in [-0.15, -0.1) is 11.8 Å². The van der Waals surface area contributed by atoms with Crippen LogP contribution in [0.4, 0.5) is 0 Å². The molecule has 0 saturated heterocycles. The highest BCUT2D eigenvalue weighted by Crippen LogP contribution is 2.29. The van der Waals surface area contributed by atoms with E-state index in [4.69, 9.17) is 9.84 Å². The summed E-state index contributed by atoms with van der Waals surface area (Å²) in [6.07, 6.45) is 2.25. The molecule has 0 saturated carbocycles. The molecule has 0 aliphatic rings. The molecule has 0 aromatic heterocycles. The van der Waals surface area contributed by atoms with E-state index in [1.165, 1.54) is 22.3 Å². The first-order valence-electron chi connectivity index (χ1n) is 10.8. The first-order valence-corrected chi connectivity index (χ1v) is 12.6. The smallest absolute Gasteiger partial charge is 0.341 e. The van der Waals surface area contributed by atoms with Crippen LogP contribution in [0.3, 0.4) is 0 Å². The second-order valence-corrected chi connectivity index (χ2v) is 9.54. The molecule has 0 fully saturated rings. The molecule has 4 rings (SSSR count). The van der Waals surface area contributed by atoms with Gasteiger partial charge < -0.3 is 9.84 Å². The fraction of sp³-hybridized carbons (Fsp3) is 0.0690. The molecule has 4 aromatic rings. The zero-order valence-electron chi connectivity index (χ0n) is 18.4. The van der Waals surface area contributed by atoms with E-state index in [9.17, 15) is 4.79 Å². The number of carboxylic acid groups (broad SMARTS) is 1. The van der Waals surface area contributed by atoms with Gasteiger partial charge in [-0.25, -0.2) is 4.79 Å². The normalized spacial score (nSPS) is 11.3. The van der Waals surface area contributed by atoms with E-state index in [2.05, 4.69) is 94.8 Å². The number of hydrogen-bond acceptors (Lipinski definition) is 3. The van der Waals surface area contributed by atoms with Crippen LogP contribution < -0.4 is 4.74 Å². The van der Waals surface area contributed by atoms with Crippen LogP contribution in [0.1, 0.15) is 11.1 Å². The first-order chi connectivity index (χ1) is 16.6. The van der Waals surface area contributed by atoms with Crippen LogP contribution in [0.25, 0.3) is 16.7 Å². The minimum atomic E-state index is -0.985. The SMILES string of the molecule is O=C(O)COc1ccc(SC/C=C(\c2ccc(Br)cc2)c2ccc(-c3ccccc3)cc2)cc1. The zero-order chi connectivity index (χ0) is 23.8. The van der Waals surface area contributed by atoms with Crippen LogP contribution in [0, 0.1) is 0 Å². The Kier molecular flexibility index (Phi) is 8.23. The van der Waals surface area contributed by atoms with Crippen molar-refractivity contribution in [2.45, 2.75) is 4.90 Å². The third-order valence-electron chi connectivity index (χ3n) is 5.18. The van der Waals surface area contributed by atoms with Crippen molar-refractivity contribution in [3.8, 4) is 16.9 Å². The number of ether oxygens (including phenoxy) is 1. The lowest BCUT2D eigenvalue weighted by Crippen LogP contribution is -2.09. The van der Waals surface area contributed by atoms with Crippen molar-refractivity contribution in [1.82, 2.24) is 0 Å². The zero-order valence-corrected chi connectivity index (χ0v) is 20.8. The third kappa shape index (κ3) is 6.62. The van der Waals surface area contributed by atoms with Crippen LogP contribution in [0.2, 0.25) is 0 Å². The van der Waals surface area contributed by atoms with Crippen molar-refractivity contribution in [2.24, 2.45) is 0 Å². The van der Waals surface area contributed by atoms with Gasteiger partial charge in [0, 0.05) is 15.1 Å². The van der Waals surface area contributed by atoms with Crippen molar-refractivity contribution in [3.63, 3.8) is 0 Å². The molecule has 0 heterocycles. The summed E-state index contributed by atoms with van der Waals surface area (Å²) >= 11 is 5.24. The van der Waals surface area contributed by atoms with Gasteiger partial charge in [-0.1, -0.05) is 88.7 Å². The lowest BCUT2D eigenvalue weighted by Gasteiger charge is -2.11. The van der Waals surface area contributed by atoms with Crippen LogP contribution in [0.5, 0.6) is 5.75 Å². The second-order valence-electron chi connectivity index (χ2n) is 7.53. The van der Waals surface area contributed by atoms with E-state index in [0.717, 1.165) is 20.7 Å². The van der Waals surface area contributed by atoms with Gasteiger partial charge in [0.2, 0.25) is 0 Å². The molecule has 0 amide bonds. The third-order valence-corrected chi connectivity index (χ3v) is 6.65. The lowest BCUT2D eigenvalue weighted by molar-refractivity contribution is -0.139. The first kappa shape index (κ1) is 23.9. The summed E-state index contributed by atoms with van der Waals surface area (Å²) in [6, 6.07) is 34.9.